The Kier molecular flexibility index (Phi) is 6.05. The van der Waals surface area contributed by atoms with E-state index in [1.807, 2.05) is 18.2 Å². The molecule has 3 heterocycles. The Morgan fingerprint density at radius 2 is 1.73 bits per heavy atom. The maximum atomic E-state index is 5.51. The summed E-state index contributed by atoms with van der Waals surface area (Å²) in [5, 5.41) is 6.63. The highest BCUT2D eigenvalue weighted by Crippen LogP contribution is 2.40. The topological polar surface area (TPSA) is 59.5 Å². The van der Waals surface area contributed by atoms with Crippen molar-refractivity contribution in [1.29, 1.82) is 0 Å². The third-order valence-electron chi connectivity index (χ3n) is 6.34. The normalized spacial score (nSPS) is 14.5. The number of aromatic nitrogens is 2. The van der Waals surface area contributed by atoms with Gasteiger partial charge in [0.25, 0.3) is 0 Å². The Morgan fingerprint density at radius 3 is 2.45 bits per heavy atom. The molecule has 0 saturated carbocycles. The summed E-state index contributed by atoms with van der Waals surface area (Å²) < 4.78 is 10.9. The van der Waals surface area contributed by atoms with Crippen molar-refractivity contribution in [3.05, 3.63) is 54.2 Å². The van der Waals surface area contributed by atoms with Gasteiger partial charge >= 0.3 is 0 Å². The predicted molar refractivity (Wildman–Crippen MR) is 136 cm³/mol. The Bertz CT molecular complexity index is 1250. The molecule has 170 valence electrons. The standard InChI is InChI=1S/C26H28N4O2S/c1-17-10-12-30(13-11-17)20-7-5-19(6-8-20)29-25-24-21(15-33-26(24)28-16-27-25)18-4-9-22(31-2)23(14-18)32-3/h4-9,14-17H,10-13H2,1-3H3,(H,27,28,29). The Balaban J connectivity index is 1.44. The molecule has 2 aromatic carbocycles. The molecule has 1 aliphatic rings. The molecule has 1 N–H and O–H groups in total. The van der Waals surface area contributed by atoms with E-state index >= 15 is 0 Å². The van der Waals surface area contributed by atoms with Crippen molar-refractivity contribution < 1.29 is 9.47 Å². The van der Waals surface area contributed by atoms with E-state index in [9.17, 15) is 0 Å². The molecule has 0 unspecified atom stereocenters. The molecule has 0 bridgehead atoms. The Hall–Kier alpha value is -3.32. The lowest BCUT2D eigenvalue weighted by atomic mass is 9.99. The fraction of sp³-hybridized carbons (Fsp3) is 0.308. The van der Waals surface area contributed by atoms with E-state index in [2.05, 4.69) is 56.8 Å². The molecule has 0 radical (unpaired) electrons. The molecular weight excluding hydrogens is 432 g/mol. The van der Waals surface area contributed by atoms with E-state index in [1.165, 1.54) is 18.5 Å². The molecule has 1 aliphatic heterocycles. The smallest absolute Gasteiger partial charge is 0.161 e. The second-order valence-corrected chi connectivity index (χ2v) is 9.32. The van der Waals surface area contributed by atoms with Crippen LogP contribution >= 0.6 is 11.3 Å². The summed E-state index contributed by atoms with van der Waals surface area (Å²) >= 11 is 1.61. The van der Waals surface area contributed by atoms with Gasteiger partial charge in [0.05, 0.1) is 19.6 Å². The van der Waals surface area contributed by atoms with Crippen LogP contribution in [0.1, 0.15) is 19.8 Å². The zero-order chi connectivity index (χ0) is 22.8. The van der Waals surface area contributed by atoms with E-state index in [-0.39, 0.29) is 0 Å². The summed E-state index contributed by atoms with van der Waals surface area (Å²) in [5.74, 6) is 3.03. The van der Waals surface area contributed by atoms with E-state index in [1.54, 1.807) is 31.9 Å². The first-order valence-corrected chi connectivity index (χ1v) is 12.1. The summed E-state index contributed by atoms with van der Waals surface area (Å²) in [7, 11) is 3.29. The fourth-order valence-electron chi connectivity index (χ4n) is 4.35. The molecule has 6 nitrogen and oxygen atoms in total. The minimum Gasteiger partial charge on any atom is -0.493 e. The second kappa shape index (κ2) is 9.27. The third-order valence-corrected chi connectivity index (χ3v) is 7.23. The van der Waals surface area contributed by atoms with Crippen LogP contribution in [-0.2, 0) is 0 Å². The van der Waals surface area contributed by atoms with Crippen LogP contribution in [0, 0.1) is 5.92 Å². The fourth-order valence-corrected chi connectivity index (χ4v) is 5.26. The molecule has 0 amide bonds. The zero-order valence-corrected chi connectivity index (χ0v) is 20.0. The Labute approximate surface area is 198 Å². The monoisotopic (exact) mass is 460 g/mol. The van der Waals surface area contributed by atoms with Crippen molar-refractivity contribution in [2.24, 2.45) is 5.92 Å². The van der Waals surface area contributed by atoms with Crippen molar-refractivity contribution in [1.82, 2.24) is 9.97 Å². The molecule has 1 fully saturated rings. The quantitative estimate of drug-likeness (QED) is 0.361. The van der Waals surface area contributed by atoms with Crippen molar-refractivity contribution >= 4 is 38.7 Å². The van der Waals surface area contributed by atoms with Gasteiger partial charge in [0.1, 0.15) is 17.0 Å². The first kappa shape index (κ1) is 21.5. The van der Waals surface area contributed by atoms with E-state index in [0.29, 0.717) is 11.5 Å². The molecule has 0 spiro atoms. The number of hydrogen-bond donors (Lipinski definition) is 1. The number of rotatable bonds is 6. The molecule has 4 aromatic rings. The average Bonchev–Trinajstić information content (AvgIpc) is 3.30. The third kappa shape index (κ3) is 4.33. The van der Waals surface area contributed by atoms with Gasteiger partial charge in [-0.3, -0.25) is 0 Å². The highest BCUT2D eigenvalue weighted by molar-refractivity contribution is 7.17. The van der Waals surface area contributed by atoms with Crippen molar-refractivity contribution in [2.45, 2.75) is 19.8 Å². The zero-order valence-electron chi connectivity index (χ0n) is 19.2. The summed E-state index contributed by atoms with van der Waals surface area (Å²) in [6.07, 6.45) is 4.13. The number of methoxy groups -OCH3 is 2. The predicted octanol–water partition coefficient (Wildman–Crippen LogP) is 6.36. The van der Waals surface area contributed by atoms with Crippen LogP contribution in [0.5, 0.6) is 11.5 Å². The summed E-state index contributed by atoms with van der Waals surface area (Å²) in [6.45, 7) is 4.60. The number of ether oxygens (including phenoxy) is 2. The highest BCUT2D eigenvalue weighted by atomic mass is 32.1. The van der Waals surface area contributed by atoms with E-state index in [0.717, 1.165) is 51.9 Å². The first-order valence-electron chi connectivity index (χ1n) is 11.2. The second-order valence-electron chi connectivity index (χ2n) is 8.46. The average molecular weight is 461 g/mol. The summed E-state index contributed by atoms with van der Waals surface area (Å²) in [6, 6.07) is 14.6. The van der Waals surface area contributed by atoms with Crippen molar-refractivity contribution in [3.8, 4) is 22.6 Å². The van der Waals surface area contributed by atoms with E-state index < -0.39 is 0 Å². The number of benzene rings is 2. The van der Waals surface area contributed by atoms with Crippen LogP contribution in [0.3, 0.4) is 0 Å². The number of anilines is 3. The number of hydrogen-bond acceptors (Lipinski definition) is 7. The lowest BCUT2D eigenvalue weighted by molar-refractivity contribution is 0.355. The van der Waals surface area contributed by atoms with Crippen LogP contribution in [0.4, 0.5) is 17.2 Å². The van der Waals surface area contributed by atoms with Crippen molar-refractivity contribution in [2.75, 3.05) is 37.5 Å². The van der Waals surface area contributed by atoms with E-state index in [4.69, 9.17) is 9.47 Å². The molecule has 33 heavy (non-hydrogen) atoms. The number of nitrogens with zero attached hydrogens (tertiary/aromatic N) is 3. The van der Waals surface area contributed by atoms with Gasteiger partial charge in [0.2, 0.25) is 0 Å². The lowest BCUT2D eigenvalue weighted by Crippen LogP contribution is -2.32. The number of nitrogens with one attached hydrogen (secondary N) is 1. The maximum Gasteiger partial charge on any atom is 0.161 e. The van der Waals surface area contributed by atoms with Gasteiger partial charge in [0, 0.05) is 35.4 Å². The van der Waals surface area contributed by atoms with Gasteiger partial charge < -0.3 is 19.7 Å². The SMILES string of the molecule is COc1ccc(-c2csc3ncnc(Nc4ccc(N5CCC(C)CC5)cc4)c23)cc1OC. The first-order chi connectivity index (χ1) is 16.2. The van der Waals surface area contributed by atoms with Gasteiger partial charge in [-0.05, 0) is 60.7 Å². The van der Waals surface area contributed by atoms with Crippen LogP contribution in [0.2, 0.25) is 0 Å². The minimum atomic E-state index is 0.698. The molecular formula is C26H28N4O2S. The van der Waals surface area contributed by atoms with Gasteiger partial charge in [-0.15, -0.1) is 11.3 Å². The van der Waals surface area contributed by atoms with Crippen molar-refractivity contribution in [3.63, 3.8) is 0 Å². The van der Waals surface area contributed by atoms with Gasteiger partial charge in [0.15, 0.2) is 11.5 Å². The molecule has 5 rings (SSSR count). The number of piperidine rings is 1. The summed E-state index contributed by atoms with van der Waals surface area (Å²) in [4.78, 5) is 12.5. The Morgan fingerprint density at radius 1 is 0.970 bits per heavy atom. The maximum absolute atomic E-state index is 5.51. The molecule has 2 aromatic heterocycles. The van der Waals surface area contributed by atoms with Gasteiger partial charge in [-0.1, -0.05) is 13.0 Å². The van der Waals surface area contributed by atoms with Gasteiger partial charge in [-0.2, -0.15) is 0 Å². The van der Waals surface area contributed by atoms with Crippen LogP contribution < -0.4 is 19.7 Å². The van der Waals surface area contributed by atoms with Crippen LogP contribution in [-0.4, -0.2) is 37.3 Å². The van der Waals surface area contributed by atoms with Gasteiger partial charge in [-0.25, -0.2) is 9.97 Å². The molecule has 0 atom stereocenters. The molecule has 7 heteroatoms. The minimum absolute atomic E-state index is 0.698. The lowest BCUT2D eigenvalue weighted by Gasteiger charge is -2.32. The number of thiophene rings is 1. The summed E-state index contributed by atoms with van der Waals surface area (Å²) in [5.41, 5.74) is 4.39. The highest BCUT2D eigenvalue weighted by Gasteiger charge is 2.17. The number of fused-ring (bicyclic) bond motifs is 1. The molecule has 0 aliphatic carbocycles. The largest absolute Gasteiger partial charge is 0.493 e. The van der Waals surface area contributed by atoms with Crippen LogP contribution in [0.25, 0.3) is 21.3 Å². The van der Waals surface area contributed by atoms with Crippen LogP contribution in [0.15, 0.2) is 54.2 Å². The molecule has 1 saturated heterocycles.